The largest absolute Gasteiger partial charge is 0.264 e. The lowest BCUT2D eigenvalue weighted by atomic mass is 10.1. The smallest absolute Gasteiger partial charge is 0.0342 e. The molecule has 1 heteroatoms. The van der Waals surface area contributed by atoms with Gasteiger partial charge >= 0.3 is 0 Å². The monoisotopic (exact) mass is 163 g/mol. The van der Waals surface area contributed by atoms with E-state index in [1.165, 1.54) is 11.1 Å². The predicted molar refractivity (Wildman–Crippen MR) is 55.0 cm³/mol. The van der Waals surface area contributed by atoms with Crippen LogP contribution in [-0.2, 0) is 0 Å². The Morgan fingerprint density at radius 2 is 2.00 bits per heavy atom. The molecule has 0 N–H and O–H groups in total. The fraction of sp³-hybridized carbons (Fsp3) is 0.364. The molecule has 0 radical (unpaired) electrons. The number of nitrogens with zero attached hydrogens (tertiary/aromatic N) is 1. The maximum absolute atomic E-state index is 4.01. The second-order valence-corrected chi connectivity index (χ2v) is 2.23. The fourth-order valence-corrected chi connectivity index (χ4v) is 0.830. The van der Waals surface area contributed by atoms with E-state index in [4.69, 9.17) is 0 Å². The van der Waals surface area contributed by atoms with E-state index in [-0.39, 0.29) is 0 Å². The second kappa shape index (κ2) is 6.59. The highest BCUT2D eigenvalue weighted by atomic mass is 14.6. The lowest BCUT2D eigenvalue weighted by Gasteiger charge is -1.95. The number of aryl methyl sites for hydroxylation is 1. The lowest BCUT2D eigenvalue weighted by Crippen LogP contribution is -1.80. The van der Waals surface area contributed by atoms with Crippen LogP contribution in [0.25, 0.3) is 6.08 Å². The van der Waals surface area contributed by atoms with Crippen LogP contribution < -0.4 is 0 Å². The molecule has 0 aliphatic heterocycles. The summed E-state index contributed by atoms with van der Waals surface area (Å²) < 4.78 is 0. The predicted octanol–water partition coefficient (Wildman–Crippen LogP) is 3.45. The molecule has 1 heterocycles. The Morgan fingerprint density at radius 1 is 1.33 bits per heavy atom. The molecule has 0 saturated heterocycles. The van der Waals surface area contributed by atoms with Crippen molar-refractivity contribution in [2.24, 2.45) is 0 Å². The van der Waals surface area contributed by atoms with Gasteiger partial charge in [0.05, 0.1) is 0 Å². The van der Waals surface area contributed by atoms with Gasteiger partial charge in [-0.05, 0) is 31.0 Å². The van der Waals surface area contributed by atoms with Crippen LogP contribution in [0.4, 0.5) is 0 Å². The first-order valence-electron chi connectivity index (χ1n) is 4.38. The first-order chi connectivity index (χ1) is 5.84. The number of allylic oxidation sites excluding steroid dienone is 1. The summed E-state index contributed by atoms with van der Waals surface area (Å²) in [5.74, 6) is 0. The van der Waals surface area contributed by atoms with Crippen LogP contribution in [0.1, 0.15) is 31.9 Å². The number of rotatable bonds is 1. The Bertz CT molecular complexity index is 239. The standard InChI is InChI=1S/C9H11N.C2H6/c1-3-4-9-7-10-6-5-8(9)2;1-2/h3-7H,1-2H3;1-2H3/b4-3-;. The van der Waals surface area contributed by atoms with Crippen molar-refractivity contribution in [2.75, 3.05) is 0 Å². The summed E-state index contributed by atoms with van der Waals surface area (Å²) in [5, 5.41) is 0. The molecule has 1 rings (SSSR count). The molecule has 1 nitrogen and oxygen atoms in total. The topological polar surface area (TPSA) is 12.9 Å². The molecule has 66 valence electrons. The van der Waals surface area contributed by atoms with Gasteiger partial charge in [0.1, 0.15) is 0 Å². The van der Waals surface area contributed by atoms with Crippen molar-refractivity contribution in [3.05, 3.63) is 35.7 Å². The van der Waals surface area contributed by atoms with Gasteiger partial charge in [-0.2, -0.15) is 0 Å². The third-order valence-electron chi connectivity index (χ3n) is 1.43. The SMILES string of the molecule is C/C=C\c1cnccc1C.CC. The van der Waals surface area contributed by atoms with Crippen LogP contribution >= 0.6 is 0 Å². The van der Waals surface area contributed by atoms with Crippen LogP contribution in [0.2, 0.25) is 0 Å². The van der Waals surface area contributed by atoms with Crippen molar-refractivity contribution >= 4 is 6.08 Å². The first-order valence-corrected chi connectivity index (χ1v) is 4.38. The molecule has 0 aliphatic rings. The fourth-order valence-electron chi connectivity index (χ4n) is 0.830. The second-order valence-electron chi connectivity index (χ2n) is 2.23. The lowest BCUT2D eigenvalue weighted by molar-refractivity contribution is 1.27. The van der Waals surface area contributed by atoms with E-state index in [1.807, 2.05) is 45.3 Å². The van der Waals surface area contributed by atoms with E-state index < -0.39 is 0 Å². The molecule has 0 bridgehead atoms. The van der Waals surface area contributed by atoms with Gasteiger partial charge < -0.3 is 0 Å². The van der Waals surface area contributed by atoms with Gasteiger partial charge in [-0.25, -0.2) is 0 Å². The zero-order valence-corrected chi connectivity index (χ0v) is 8.33. The van der Waals surface area contributed by atoms with Gasteiger partial charge in [-0.3, -0.25) is 4.98 Å². The normalized spacial score (nSPS) is 9.33. The van der Waals surface area contributed by atoms with Crippen LogP contribution in [0.5, 0.6) is 0 Å². The Balaban J connectivity index is 0.000000561. The van der Waals surface area contributed by atoms with Crippen molar-refractivity contribution in [1.29, 1.82) is 0 Å². The molecule has 0 saturated carbocycles. The molecule has 0 fully saturated rings. The van der Waals surface area contributed by atoms with Crippen molar-refractivity contribution in [3.63, 3.8) is 0 Å². The third kappa shape index (κ3) is 3.33. The minimum Gasteiger partial charge on any atom is -0.264 e. The van der Waals surface area contributed by atoms with Gasteiger partial charge in [0.25, 0.3) is 0 Å². The molecular formula is C11H17N. The van der Waals surface area contributed by atoms with E-state index in [0.717, 1.165) is 0 Å². The van der Waals surface area contributed by atoms with Crippen molar-refractivity contribution in [3.8, 4) is 0 Å². The van der Waals surface area contributed by atoms with E-state index >= 15 is 0 Å². The van der Waals surface area contributed by atoms with E-state index in [2.05, 4.69) is 18.0 Å². The van der Waals surface area contributed by atoms with Crippen LogP contribution in [0.15, 0.2) is 24.5 Å². The molecule has 0 amide bonds. The number of pyridine rings is 1. The summed E-state index contributed by atoms with van der Waals surface area (Å²) in [6, 6.07) is 2.01. The van der Waals surface area contributed by atoms with Crippen molar-refractivity contribution in [1.82, 2.24) is 4.98 Å². The Hall–Kier alpha value is -1.11. The van der Waals surface area contributed by atoms with Gasteiger partial charge in [-0.15, -0.1) is 0 Å². The maximum atomic E-state index is 4.01. The molecule has 0 unspecified atom stereocenters. The summed E-state index contributed by atoms with van der Waals surface area (Å²) in [4.78, 5) is 4.01. The van der Waals surface area contributed by atoms with E-state index in [0.29, 0.717) is 0 Å². The average Bonchev–Trinajstić information content (AvgIpc) is 2.13. The quantitative estimate of drug-likeness (QED) is 0.618. The number of hydrogen-bond acceptors (Lipinski definition) is 1. The maximum Gasteiger partial charge on any atom is 0.0342 e. The molecule has 1 aromatic rings. The third-order valence-corrected chi connectivity index (χ3v) is 1.43. The molecule has 0 atom stereocenters. The zero-order valence-electron chi connectivity index (χ0n) is 8.33. The van der Waals surface area contributed by atoms with Gasteiger partial charge in [-0.1, -0.05) is 26.0 Å². The zero-order chi connectivity index (χ0) is 9.40. The number of aromatic nitrogens is 1. The molecule has 0 spiro atoms. The Kier molecular flexibility index (Phi) is 5.98. The first kappa shape index (κ1) is 10.9. The van der Waals surface area contributed by atoms with Crippen molar-refractivity contribution < 1.29 is 0 Å². The molecule has 12 heavy (non-hydrogen) atoms. The molecule has 0 aliphatic carbocycles. The molecular weight excluding hydrogens is 146 g/mol. The van der Waals surface area contributed by atoms with Crippen LogP contribution in [-0.4, -0.2) is 4.98 Å². The molecule has 1 aromatic heterocycles. The minimum atomic E-state index is 1.20. The summed E-state index contributed by atoms with van der Waals surface area (Å²) in [6.07, 6.45) is 7.75. The number of hydrogen-bond donors (Lipinski definition) is 0. The molecule has 0 aromatic carbocycles. The summed E-state index contributed by atoms with van der Waals surface area (Å²) in [7, 11) is 0. The van der Waals surface area contributed by atoms with Gasteiger partial charge in [0, 0.05) is 12.4 Å². The van der Waals surface area contributed by atoms with Crippen molar-refractivity contribution in [2.45, 2.75) is 27.7 Å². The summed E-state index contributed by atoms with van der Waals surface area (Å²) in [5.41, 5.74) is 2.47. The highest BCUT2D eigenvalue weighted by Crippen LogP contribution is 2.05. The van der Waals surface area contributed by atoms with Crippen LogP contribution in [0.3, 0.4) is 0 Å². The average molecular weight is 163 g/mol. The van der Waals surface area contributed by atoms with Crippen LogP contribution in [0, 0.1) is 6.92 Å². The van der Waals surface area contributed by atoms with Gasteiger partial charge in [0.15, 0.2) is 0 Å². The van der Waals surface area contributed by atoms with E-state index in [9.17, 15) is 0 Å². The Morgan fingerprint density at radius 3 is 2.50 bits per heavy atom. The van der Waals surface area contributed by atoms with E-state index in [1.54, 1.807) is 0 Å². The highest BCUT2D eigenvalue weighted by Gasteiger charge is 1.88. The highest BCUT2D eigenvalue weighted by molar-refractivity contribution is 5.51. The van der Waals surface area contributed by atoms with Gasteiger partial charge in [0.2, 0.25) is 0 Å². The summed E-state index contributed by atoms with van der Waals surface area (Å²) in [6.45, 7) is 8.09. The minimum absolute atomic E-state index is 1.20. The Labute approximate surface area is 75.2 Å². The summed E-state index contributed by atoms with van der Waals surface area (Å²) >= 11 is 0.